The van der Waals surface area contributed by atoms with E-state index in [9.17, 15) is 0 Å². The fraction of sp³-hybridized carbons (Fsp3) is 0. The van der Waals surface area contributed by atoms with Crippen molar-refractivity contribution >= 4 is 43.6 Å². The summed E-state index contributed by atoms with van der Waals surface area (Å²) in [6, 6.07) is 79.2. The molecule has 0 aliphatic rings. The Hall–Kier alpha value is -8.41. The van der Waals surface area contributed by atoms with Gasteiger partial charge < -0.3 is 4.57 Å². The maximum absolute atomic E-state index is 5.45. The summed E-state index contributed by atoms with van der Waals surface area (Å²) in [5.74, 6) is 1.76. The van der Waals surface area contributed by atoms with E-state index in [1.807, 2.05) is 18.2 Å². The molecule has 0 spiro atoms. The van der Waals surface area contributed by atoms with Gasteiger partial charge in [-0.25, -0.2) is 4.98 Å². The zero-order valence-electron chi connectivity index (χ0n) is 33.6. The van der Waals surface area contributed by atoms with Crippen LogP contribution in [-0.2, 0) is 0 Å². The van der Waals surface area contributed by atoms with Crippen LogP contribution >= 0.6 is 0 Å². The molecule has 5 heteroatoms. The molecule has 0 saturated heterocycles. The third kappa shape index (κ3) is 5.98. The fourth-order valence-electron chi connectivity index (χ4n) is 9.07. The summed E-state index contributed by atoms with van der Waals surface area (Å²) < 4.78 is 4.67. The second-order valence-corrected chi connectivity index (χ2v) is 15.7. The molecule has 0 fully saturated rings. The fourth-order valence-corrected chi connectivity index (χ4v) is 9.07. The summed E-state index contributed by atoms with van der Waals surface area (Å²) in [5.41, 5.74) is 14.1. The molecule has 0 N–H and O–H groups in total. The van der Waals surface area contributed by atoms with Gasteiger partial charge in [0.1, 0.15) is 0 Å². The van der Waals surface area contributed by atoms with Gasteiger partial charge in [0.25, 0.3) is 0 Å². The molecule has 5 nitrogen and oxygen atoms in total. The molecule has 3 aromatic heterocycles. The minimum absolute atomic E-state index is 0.551. The molecule has 0 aliphatic carbocycles. The lowest BCUT2D eigenvalue weighted by Gasteiger charge is -2.14. The molecular weight excluding hydrogens is 755 g/mol. The predicted octanol–water partition coefficient (Wildman–Crippen LogP) is 14.4. The van der Waals surface area contributed by atoms with Crippen LogP contribution in [0.3, 0.4) is 0 Å². The van der Waals surface area contributed by atoms with E-state index < -0.39 is 0 Å². The van der Waals surface area contributed by atoms with Crippen LogP contribution in [0.4, 0.5) is 0 Å². The monoisotopic (exact) mass is 791 g/mol. The van der Waals surface area contributed by atoms with Gasteiger partial charge in [0, 0.05) is 38.4 Å². The third-order valence-electron chi connectivity index (χ3n) is 12.0. The van der Waals surface area contributed by atoms with E-state index in [4.69, 9.17) is 15.0 Å². The summed E-state index contributed by atoms with van der Waals surface area (Å²) in [5, 5.41) is 4.59. The van der Waals surface area contributed by atoms with E-state index in [2.05, 4.69) is 215 Å². The average molecular weight is 792 g/mol. The molecule has 290 valence electrons. The van der Waals surface area contributed by atoms with Crippen molar-refractivity contribution in [1.82, 2.24) is 24.1 Å². The Morgan fingerprint density at radius 1 is 0.258 bits per heavy atom. The quantitative estimate of drug-likeness (QED) is 0.162. The lowest BCUT2D eigenvalue weighted by Crippen LogP contribution is -2.07. The highest BCUT2D eigenvalue weighted by molar-refractivity contribution is 6.24. The zero-order chi connectivity index (χ0) is 41.0. The van der Waals surface area contributed by atoms with Crippen molar-refractivity contribution in [1.29, 1.82) is 0 Å². The van der Waals surface area contributed by atoms with Crippen LogP contribution in [0.1, 0.15) is 0 Å². The Balaban J connectivity index is 1.15. The van der Waals surface area contributed by atoms with Gasteiger partial charge in [0.15, 0.2) is 11.6 Å². The van der Waals surface area contributed by atoms with Crippen molar-refractivity contribution in [3.63, 3.8) is 0 Å². The third-order valence-corrected chi connectivity index (χ3v) is 12.0. The van der Waals surface area contributed by atoms with E-state index in [0.717, 1.165) is 77.3 Å². The van der Waals surface area contributed by atoms with Crippen molar-refractivity contribution in [2.75, 3.05) is 0 Å². The smallest absolute Gasteiger partial charge is 0.238 e. The topological polar surface area (TPSA) is 48.5 Å². The Labute approximate surface area is 358 Å². The summed E-state index contributed by atoms with van der Waals surface area (Å²) in [7, 11) is 0. The van der Waals surface area contributed by atoms with Gasteiger partial charge in [-0.05, 0) is 75.8 Å². The Morgan fingerprint density at radius 2 is 0.710 bits per heavy atom. The maximum atomic E-state index is 5.45. The van der Waals surface area contributed by atoms with E-state index in [1.54, 1.807) is 0 Å². The minimum Gasteiger partial charge on any atom is -0.307 e. The Morgan fingerprint density at radius 3 is 1.37 bits per heavy atom. The highest BCUT2D eigenvalue weighted by Crippen LogP contribution is 2.43. The number of para-hydroxylation sites is 2. The van der Waals surface area contributed by atoms with Crippen molar-refractivity contribution in [3.8, 4) is 67.8 Å². The number of benzene rings is 9. The lowest BCUT2D eigenvalue weighted by atomic mass is 9.98. The van der Waals surface area contributed by atoms with Gasteiger partial charge in [-0.1, -0.05) is 182 Å². The molecule has 0 atom stereocenters. The molecule has 3 heterocycles. The number of hydrogen-bond donors (Lipinski definition) is 0. The number of aromatic nitrogens is 5. The lowest BCUT2D eigenvalue weighted by molar-refractivity contribution is 0.953. The highest BCUT2D eigenvalue weighted by Gasteiger charge is 2.24. The minimum atomic E-state index is 0.551. The molecule has 0 unspecified atom stereocenters. The zero-order valence-corrected chi connectivity index (χ0v) is 33.6. The number of hydrogen-bond acceptors (Lipinski definition) is 3. The first-order valence-electron chi connectivity index (χ1n) is 20.9. The van der Waals surface area contributed by atoms with Crippen LogP contribution in [0, 0.1) is 0 Å². The molecule has 62 heavy (non-hydrogen) atoms. The molecular formula is C57H37N5. The summed E-state index contributed by atoms with van der Waals surface area (Å²) >= 11 is 0. The van der Waals surface area contributed by atoms with Crippen LogP contribution in [-0.4, -0.2) is 24.1 Å². The van der Waals surface area contributed by atoms with Gasteiger partial charge in [0.05, 0.1) is 22.1 Å². The van der Waals surface area contributed by atoms with Crippen LogP contribution in [0.25, 0.3) is 111 Å². The van der Waals surface area contributed by atoms with Gasteiger partial charge in [-0.3, -0.25) is 4.57 Å². The first-order valence-corrected chi connectivity index (χ1v) is 20.9. The Kier molecular flexibility index (Phi) is 8.42. The van der Waals surface area contributed by atoms with Gasteiger partial charge in [0.2, 0.25) is 5.95 Å². The van der Waals surface area contributed by atoms with Gasteiger partial charge in [-0.2, -0.15) is 9.97 Å². The van der Waals surface area contributed by atoms with Gasteiger partial charge in [-0.15, -0.1) is 0 Å². The van der Waals surface area contributed by atoms with E-state index >= 15 is 0 Å². The standard InChI is InChI=1S/C57H37N5/c1-5-17-38(18-6-1)41-23-15-24-42(35-41)43-25-16-26-45(36-43)56-58-55(40-21-9-3-10-22-40)59-57(60-56)62-52-34-31-44(39-19-7-2-8-20-39)37-50(52)49-33-32-48-47-29-13-14-30-51(47)61(53(48)54(49)62)46-27-11-4-12-28-46/h1-37H. The molecule has 0 amide bonds. The summed E-state index contributed by atoms with van der Waals surface area (Å²) in [6.45, 7) is 0. The second-order valence-electron chi connectivity index (χ2n) is 15.7. The van der Waals surface area contributed by atoms with Crippen LogP contribution < -0.4 is 0 Å². The van der Waals surface area contributed by atoms with Crippen molar-refractivity contribution in [2.24, 2.45) is 0 Å². The summed E-state index contributed by atoms with van der Waals surface area (Å²) in [6.07, 6.45) is 0. The molecule has 0 saturated carbocycles. The normalized spacial score (nSPS) is 11.5. The molecule has 12 rings (SSSR count). The number of fused-ring (bicyclic) bond motifs is 7. The Bertz CT molecular complexity index is 3610. The van der Waals surface area contributed by atoms with Crippen LogP contribution in [0.15, 0.2) is 224 Å². The SMILES string of the molecule is c1ccc(-c2cccc(-c3cccc(-c4nc(-c5ccccc5)nc(-n5c6ccc(-c7ccccc7)cc6c6ccc7c8ccccc8n(-c8ccccc8)c7c65)n4)c3)c2)cc1. The highest BCUT2D eigenvalue weighted by atomic mass is 15.2. The first-order chi connectivity index (χ1) is 30.7. The van der Waals surface area contributed by atoms with Crippen molar-refractivity contribution < 1.29 is 0 Å². The largest absolute Gasteiger partial charge is 0.307 e. The molecule has 12 aromatic rings. The number of nitrogens with zero attached hydrogens (tertiary/aromatic N) is 5. The average Bonchev–Trinajstić information content (AvgIpc) is 3.88. The molecule has 9 aromatic carbocycles. The molecule has 0 bridgehead atoms. The van der Waals surface area contributed by atoms with Crippen LogP contribution in [0.2, 0.25) is 0 Å². The molecule has 0 radical (unpaired) electrons. The van der Waals surface area contributed by atoms with E-state index in [0.29, 0.717) is 17.6 Å². The number of rotatable bonds is 7. The van der Waals surface area contributed by atoms with E-state index in [-0.39, 0.29) is 0 Å². The van der Waals surface area contributed by atoms with Crippen molar-refractivity contribution in [2.45, 2.75) is 0 Å². The van der Waals surface area contributed by atoms with Crippen molar-refractivity contribution in [3.05, 3.63) is 224 Å². The summed E-state index contributed by atoms with van der Waals surface area (Å²) in [4.78, 5) is 16.0. The van der Waals surface area contributed by atoms with Crippen LogP contribution in [0.5, 0.6) is 0 Å². The van der Waals surface area contributed by atoms with Gasteiger partial charge >= 0.3 is 0 Å². The maximum Gasteiger partial charge on any atom is 0.238 e. The second kappa shape index (κ2) is 14.7. The molecule has 0 aliphatic heterocycles. The van der Waals surface area contributed by atoms with E-state index in [1.165, 1.54) is 16.5 Å². The first kappa shape index (κ1) is 35.5. The predicted molar refractivity (Wildman–Crippen MR) is 256 cm³/mol.